The van der Waals surface area contributed by atoms with Crippen LogP contribution >= 0.6 is 0 Å². The first-order valence-corrected chi connectivity index (χ1v) is 21.5. The zero-order valence-corrected chi connectivity index (χ0v) is 33.9. The minimum absolute atomic E-state index is 0.642. The van der Waals surface area contributed by atoms with Gasteiger partial charge in [-0.15, -0.1) is 0 Å². The highest BCUT2D eigenvalue weighted by atomic mass is 15.2. The molecule has 0 fully saturated rings. The molecule has 5 heteroatoms. The van der Waals surface area contributed by atoms with E-state index in [1.54, 1.807) is 0 Å². The van der Waals surface area contributed by atoms with Crippen LogP contribution in [0.5, 0.6) is 0 Å². The summed E-state index contributed by atoms with van der Waals surface area (Å²) >= 11 is 0. The zero-order valence-electron chi connectivity index (χ0n) is 33.9. The van der Waals surface area contributed by atoms with Crippen molar-refractivity contribution < 1.29 is 0 Å². The quantitative estimate of drug-likeness (QED) is 0.178. The molecule has 292 valence electrons. The lowest BCUT2D eigenvalue weighted by atomic mass is 10.0. The highest BCUT2D eigenvalue weighted by molar-refractivity contribution is 6.21. The Morgan fingerprint density at radius 3 is 1.76 bits per heavy atom. The van der Waals surface area contributed by atoms with E-state index in [4.69, 9.17) is 9.97 Å². The summed E-state index contributed by atoms with van der Waals surface area (Å²) in [5.41, 5.74) is 12.0. The molecular formula is C58H35N5. The molecule has 4 aromatic heterocycles. The number of benzene rings is 10. The number of rotatable bonds is 4. The van der Waals surface area contributed by atoms with E-state index >= 15 is 0 Å². The van der Waals surface area contributed by atoms with E-state index in [0.717, 1.165) is 71.8 Å². The third-order valence-electron chi connectivity index (χ3n) is 13.2. The van der Waals surface area contributed by atoms with Crippen LogP contribution in [0.3, 0.4) is 0 Å². The molecule has 0 N–H and O–H groups in total. The monoisotopic (exact) mass is 801 g/mol. The van der Waals surface area contributed by atoms with Crippen molar-refractivity contribution in [1.29, 1.82) is 0 Å². The molecule has 0 aliphatic heterocycles. The molecule has 0 amide bonds. The maximum Gasteiger partial charge on any atom is 0.235 e. The molecule has 14 aromatic rings. The highest BCUT2D eigenvalue weighted by Gasteiger charge is 2.23. The number of hydrogen-bond acceptors (Lipinski definition) is 2. The van der Waals surface area contributed by atoms with Crippen LogP contribution in [0, 0.1) is 0 Å². The summed E-state index contributed by atoms with van der Waals surface area (Å²) < 4.78 is 7.12. The Balaban J connectivity index is 1.05. The first-order valence-electron chi connectivity index (χ1n) is 21.5. The highest BCUT2D eigenvalue weighted by Crippen LogP contribution is 2.43. The summed E-state index contributed by atoms with van der Waals surface area (Å²) in [6.07, 6.45) is 0. The molecule has 0 unspecified atom stereocenters. The van der Waals surface area contributed by atoms with E-state index in [1.165, 1.54) is 48.7 Å². The number of hydrogen-bond donors (Lipinski definition) is 0. The molecule has 63 heavy (non-hydrogen) atoms. The third kappa shape index (κ3) is 4.82. The van der Waals surface area contributed by atoms with Crippen LogP contribution in [-0.2, 0) is 0 Å². The lowest BCUT2D eigenvalue weighted by Gasteiger charge is -2.14. The van der Waals surface area contributed by atoms with Crippen LogP contribution in [0.25, 0.3) is 126 Å². The molecule has 0 aliphatic rings. The lowest BCUT2D eigenvalue weighted by molar-refractivity contribution is 1.01. The minimum atomic E-state index is 0.642. The predicted octanol–water partition coefficient (Wildman–Crippen LogP) is 14.9. The van der Waals surface area contributed by atoms with Crippen LogP contribution in [0.1, 0.15) is 0 Å². The number of fused-ring (bicyclic) bond motifs is 13. The largest absolute Gasteiger partial charge is 0.309 e. The molecule has 5 nitrogen and oxygen atoms in total. The van der Waals surface area contributed by atoms with E-state index < -0.39 is 0 Å². The summed E-state index contributed by atoms with van der Waals surface area (Å²) in [5.74, 6) is 0.642. The Bertz CT molecular complexity index is 4210. The summed E-state index contributed by atoms with van der Waals surface area (Å²) in [7, 11) is 0. The normalized spacial score (nSPS) is 12.1. The van der Waals surface area contributed by atoms with Crippen molar-refractivity contribution in [3.63, 3.8) is 0 Å². The van der Waals surface area contributed by atoms with Crippen molar-refractivity contribution in [3.05, 3.63) is 212 Å². The Morgan fingerprint density at radius 1 is 0.317 bits per heavy atom. The Hall–Kier alpha value is -8.54. The van der Waals surface area contributed by atoms with Gasteiger partial charge in [0.2, 0.25) is 5.95 Å². The van der Waals surface area contributed by atoms with Crippen molar-refractivity contribution in [3.8, 4) is 28.6 Å². The molecular weight excluding hydrogens is 767 g/mol. The van der Waals surface area contributed by atoms with Crippen molar-refractivity contribution in [2.75, 3.05) is 0 Å². The minimum Gasteiger partial charge on any atom is -0.309 e. The van der Waals surface area contributed by atoms with Gasteiger partial charge in [0, 0.05) is 59.7 Å². The Morgan fingerprint density at radius 2 is 0.937 bits per heavy atom. The van der Waals surface area contributed by atoms with Gasteiger partial charge in [-0.05, 0) is 71.4 Å². The van der Waals surface area contributed by atoms with Gasteiger partial charge < -0.3 is 9.13 Å². The van der Waals surface area contributed by atoms with E-state index in [1.807, 2.05) is 0 Å². The van der Waals surface area contributed by atoms with Crippen LogP contribution in [-0.4, -0.2) is 23.7 Å². The van der Waals surface area contributed by atoms with Gasteiger partial charge in [-0.1, -0.05) is 152 Å². The SMILES string of the molecule is c1ccc(-n2c3ccccc3c3c(-c4nc(-n5c6ccccc6c6cc7c(-n8c9ccccc9c9ccc%10ccccc%10c98)cccc7cc65)nc5ccccc45)cccc32)cc1. The lowest BCUT2D eigenvalue weighted by Crippen LogP contribution is -2.03. The van der Waals surface area contributed by atoms with Gasteiger partial charge >= 0.3 is 0 Å². The van der Waals surface area contributed by atoms with Crippen molar-refractivity contribution in [2.24, 2.45) is 0 Å². The molecule has 0 radical (unpaired) electrons. The van der Waals surface area contributed by atoms with E-state index in [2.05, 4.69) is 226 Å². The van der Waals surface area contributed by atoms with Gasteiger partial charge in [0.05, 0.1) is 50.0 Å². The van der Waals surface area contributed by atoms with E-state index in [9.17, 15) is 0 Å². The summed E-state index contributed by atoms with van der Waals surface area (Å²) in [6, 6.07) is 76.6. The molecule has 0 saturated carbocycles. The average molecular weight is 802 g/mol. The van der Waals surface area contributed by atoms with Crippen molar-refractivity contribution in [1.82, 2.24) is 23.7 Å². The van der Waals surface area contributed by atoms with Gasteiger partial charge in [-0.2, -0.15) is 0 Å². The van der Waals surface area contributed by atoms with Crippen LogP contribution < -0.4 is 0 Å². The topological polar surface area (TPSA) is 40.6 Å². The second-order valence-electron chi connectivity index (χ2n) is 16.5. The second-order valence-corrected chi connectivity index (χ2v) is 16.5. The van der Waals surface area contributed by atoms with Crippen LogP contribution in [0.4, 0.5) is 0 Å². The molecule has 4 heterocycles. The third-order valence-corrected chi connectivity index (χ3v) is 13.2. The molecule has 0 saturated heterocycles. The second kappa shape index (κ2) is 13.0. The summed E-state index contributed by atoms with van der Waals surface area (Å²) in [4.78, 5) is 11.0. The van der Waals surface area contributed by atoms with Crippen molar-refractivity contribution in [2.45, 2.75) is 0 Å². The first kappa shape index (κ1) is 34.2. The zero-order chi connectivity index (χ0) is 41.2. The maximum atomic E-state index is 5.63. The number of nitrogens with zero attached hydrogens (tertiary/aromatic N) is 5. The van der Waals surface area contributed by atoms with Gasteiger partial charge in [0.15, 0.2) is 0 Å². The van der Waals surface area contributed by atoms with Gasteiger partial charge in [-0.25, -0.2) is 9.97 Å². The smallest absolute Gasteiger partial charge is 0.235 e. The summed E-state index contributed by atoms with van der Waals surface area (Å²) in [5, 5.41) is 13.0. The number of para-hydroxylation sites is 5. The fourth-order valence-electron chi connectivity index (χ4n) is 10.6. The molecule has 0 spiro atoms. The van der Waals surface area contributed by atoms with Gasteiger partial charge in [0.1, 0.15) is 0 Å². The Kier molecular flexibility index (Phi) is 7.05. The molecule has 10 aromatic carbocycles. The summed E-state index contributed by atoms with van der Waals surface area (Å²) in [6.45, 7) is 0. The molecule has 0 bridgehead atoms. The fraction of sp³-hybridized carbons (Fsp3) is 0. The predicted molar refractivity (Wildman–Crippen MR) is 263 cm³/mol. The maximum absolute atomic E-state index is 5.63. The molecule has 0 aliphatic carbocycles. The molecule has 14 rings (SSSR count). The number of aromatic nitrogens is 5. The van der Waals surface area contributed by atoms with E-state index in [-0.39, 0.29) is 0 Å². The van der Waals surface area contributed by atoms with Gasteiger partial charge in [0.25, 0.3) is 0 Å². The van der Waals surface area contributed by atoms with Crippen LogP contribution in [0.2, 0.25) is 0 Å². The fourth-order valence-corrected chi connectivity index (χ4v) is 10.6. The standard InChI is InChI=1S/C58H35N5/c1-2-18-38(19-3-1)61-51-29-13-9-24-44(51)55-45(25-15-31-53(55)61)56-43-23-6-10-26-48(43)59-58(60-56)63-50-28-12-8-22-41(50)47-35-46-37(34-54(47)63)17-14-30-52(46)62-49-27-11-7-21-40(49)42-33-32-36-16-4-5-20-39(36)57(42)62/h1-35H. The first-order chi connectivity index (χ1) is 31.3. The van der Waals surface area contributed by atoms with Crippen LogP contribution in [0.15, 0.2) is 212 Å². The average Bonchev–Trinajstić information content (AvgIpc) is 3.99. The van der Waals surface area contributed by atoms with Crippen molar-refractivity contribution >= 4 is 97.9 Å². The van der Waals surface area contributed by atoms with E-state index in [0.29, 0.717) is 5.95 Å². The Labute approximate surface area is 360 Å². The van der Waals surface area contributed by atoms with Gasteiger partial charge in [-0.3, -0.25) is 4.57 Å². The molecule has 0 atom stereocenters.